The van der Waals surface area contributed by atoms with Gasteiger partial charge in [0.15, 0.2) is 0 Å². The summed E-state index contributed by atoms with van der Waals surface area (Å²) in [5.41, 5.74) is 1.01. The number of hydrogen-bond donors (Lipinski definition) is 1. The molecule has 2 aliphatic rings. The van der Waals surface area contributed by atoms with Crippen molar-refractivity contribution in [3.63, 3.8) is 0 Å². The molecule has 2 aliphatic heterocycles. The quantitative estimate of drug-likeness (QED) is 0.548. The molecule has 194 valence electrons. The molecule has 4 atom stereocenters. The molecule has 2 heterocycles. The zero-order valence-electron chi connectivity index (χ0n) is 22.1. The van der Waals surface area contributed by atoms with Gasteiger partial charge in [-0.05, 0) is 23.8 Å². The number of piperazine rings is 1. The second-order valence-electron chi connectivity index (χ2n) is 10.1. The van der Waals surface area contributed by atoms with Crippen molar-refractivity contribution in [3.8, 4) is 0 Å². The molecule has 3 rings (SSSR count). The third-order valence-electron chi connectivity index (χ3n) is 7.57. The second kappa shape index (κ2) is 12.4. The molecule has 35 heavy (non-hydrogen) atoms. The molecule has 0 radical (unpaired) electrons. The van der Waals surface area contributed by atoms with Gasteiger partial charge in [-0.2, -0.15) is 0 Å². The largest absolute Gasteiger partial charge is 0.337 e. The number of carbonyl (C=O) groups excluding carboxylic acids is 3. The number of nitrogens with zero attached hydrogens (tertiary/aromatic N) is 4. The fourth-order valence-corrected chi connectivity index (χ4v) is 5.24. The predicted octanol–water partition coefficient (Wildman–Crippen LogP) is 3.69. The molecule has 0 spiro atoms. The third-order valence-corrected chi connectivity index (χ3v) is 7.57. The van der Waals surface area contributed by atoms with Crippen LogP contribution in [0.3, 0.4) is 0 Å². The molecule has 8 heteroatoms. The summed E-state index contributed by atoms with van der Waals surface area (Å²) in [7, 11) is 1.77. The number of nitrogens with one attached hydrogen (secondary N) is 1. The average molecular weight is 486 g/mol. The molecule has 1 N–H and O–H groups in total. The molecule has 0 bridgehead atoms. The van der Waals surface area contributed by atoms with Crippen molar-refractivity contribution in [1.82, 2.24) is 25.1 Å². The van der Waals surface area contributed by atoms with Gasteiger partial charge in [0, 0.05) is 20.1 Å². The Morgan fingerprint density at radius 3 is 2.46 bits per heavy atom. The summed E-state index contributed by atoms with van der Waals surface area (Å²) in [6.45, 7) is 9.92. The molecule has 2 saturated heterocycles. The molecule has 4 amide bonds. The van der Waals surface area contributed by atoms with Crippen LogP contribution in [-0.2, 0) is 16.1 Å². The molecular weight excluding hydrogens is 442 g/mol. The van der Waals surface area contributed by atoms with Crippen molar-refractivity contribution < 1.29 is 14.4 Å². The van der Waals surface area contributed by atoms with Crippen LogP contribution in [0.4, 0.5) is 4.79 Å². The Labute approximate surface area is 210 Å². The zero-order chi connectivity index (χ0) is 25.5. The fourth-order valence-electron chi connectivity index (χ4n) is 5.24. The van der Waals surface area contributed by atoms with E-state index in [1.54, 1.807) is 22.0 Å². The fraction of sp³-hybridized carbons (Fsp3) is 0.667. The topological polar surface area (TPSA) is 76.2 Å². The van der Waals surface area contributed by atoms with Crippen LogP contribution in [0.25, 0.3) is 0 Å². The van der Waals surface area contributed by atoms with Crippen LogP contribution in [0.5, 0.6) is 0 Å². The maximum atomic E-state index is 13.7. The molecule has 1 aromatic carbocycles. The summed E-state index contributed by atoms with van der Waals surface area (Å²) >= 11 is 0. The molecule has 2 fully saturated rings. The Morgan fingerprint density at radius 2 is 1.83 bits per heavy atom. The highest BCUT2D eigenvalue weighted by Gasteiger charge is 2.52. The summed E-state index contributed by atoms with van der Waals surface area (Å²) in [6, 6.07) is 8.97. The second-order valence-corrected chi connectivity index (χ2v) is 10.1. The number of carbonyl (C=O) groups is 3. The van der Waals surface area contributed by atoms with Gasteiger partial charge < -0.3 is 15.1 Å². The van der Waals surface area contributed by atoms with Gasteiger partial charge in [0.2, 0.25) is 11.8 Å². The minimum absolute atomic E-state index is 0.00473. The monoisotopic (exact) mass is 485 g/mol. The van der Waals surface area contributed by atoms with Crippen LogP contribution in [0, 0.1) is 11.8 Å². The molecule has 0 aliphatic carbocycles. The molecule has 0 aromatic heterocycles. The predicted molar refractivity (Wildman–Crippen MR) is 137 cm³/mol. The van der Waals surface area contributed by atoms with Gasteiger partial charge in [-0.25, -0.2) is 14.8 Å². The molecule has 1 aromatic rings. The number of urea groups is 1. The normalized spacial score (nSPS) is 22.7. The SMILES string of the molecule is CCCCC(CC)CN1C[C@H]2N(C(=O)CN(C)N2C(=O)NCc2ccccc2)[C@@H](C(C)CC)C1=O. The first kappa shape index (κ1) is 27.0. The smallest absolute Gasteiger partial charge is 0.334 e. The molecular formula is C27H43N5O3. The molecule has 0 saturated carbocycles. The van der Waals surface area contributed by atoms with E-state index in [0.717, 1.165) is 37.7 Å². The van der Waals surface area contributed by atoms with Crippen LogP contribution in [0.2, 0.25) is 0 Å². The summed E-state index contributed by atoms with van der Waals surface area (Å²) in [6.07, 6.45) is 4.62. The van der Waals surface area contributed by atoms with Crippen molar-refractivity contribution in [1.29, 1.82) is 0 Å². The van der Waals surface area contributed by atoms with Crippen LogP contribution in [0.1, 0.15) is 65.4 Å². The minimum Gasteiger partial charge on any atom is -0.337 e. The third kappa shape index (κ3) is 6.15. The van der Waals surface area contributed by atoms with E-state index in [1.165, 1.54) is 0 Å². The lowest BCUT2D eigenvalue weighted by Gasteiger charge is -2.55. The first-order valence-electron chi connectivity index (χ1n) is 13.2. The van der Waals surface area contributed by atoms with Gasteiger partial charge in [0.1, 0.15) is 12.2 Å². The van der Waals surface area contributed by atoms with Gasteiger partial charge >= 0.3 is 6.03 Å². The highest BCUT2D eigenvalue weighted by Crippen LogP contribution is 2.31. The van der Waals surface area contributed by atoms with E-state index in [-0.39, 0.29) is 30.3 Å². The number of unbranched alkanes of at least 4 members (excludes halogenated alkanes) is 1. The number of hydrazine groups is 1. The van der Waals surface area contributed by atoms with Crippen LogP contribution < -0.4 is 5.32 Å². The summed E-state index contributed by atoms with van der Waals surface area (Å²) in [4.78, 5) is 44.0. The maximum absolute atomic E-state index is 13.7. The number of amides is 4. The van der Waals surface area contributed by atoms with Gasteiger partial charge in [0.05, 0.1) is 13.1 Å². The van der Waals surface area contributed by atoms with Gasteiger partial charge in [-0.3, -0.25) is 9.59 Å². The van der Waals surface area contributed by atoms with E-state index in [4.69, 9.17) is 0 Å². The van der Waals surface area contributed by atoms with Crippen LogP contribution >= 0.6 is 0 Å². The van der Waals surface area contributed by atoms with Crippen LogP contribution in [-0.4, -0.2) is 76.6 Å². The Kier molecular flexibility index (Phi) is 9.55. The van der Waals surface area contributed by atoms with E-state index in [2.05, 4.69) is 19.2 Å². The van der Waals surface area contributed by atoms with Crippen molar-refractivity contribution in [2.24, 2.45) is 11.8 Å². The molecule has 8 nitrogen and oxygen atoms in total. The first-order chi connectivity index (χ1) is 16.8. The Bertz CT molecular complexity index is 864. The summed E-state index contributed by atoms with van der Waals surface area (Å²) in [5, 5.41) is 6.35. The maximum Gasteiger partial charge on any atom is 0.334 e. The number of hydrogen-bond acceptors (Lipinski definition) is 4. The van der Waals surface area contributed by atoms with Gasteiger partial charge in [-0.15, -0.1) is 0 Å². The van der Waals surface area contributed by atoms with Crippen LogP contribution in [0.15, 0.2) is 30.3 Å². The van der Waals surface area contributed by atoms with Crippen molar-refractivity contribution in [3.05, 3.63) is 35.9 Å². The van der Waals surface area contributed by atoms with E-state index >= 15 is 0 Å². The summed E-state index contributed by atoms with van der Waals surface area (Å²) in [5.74, 6) is 0.347. The number of benzene rings is 1. The summed E-state index contributed by atoms with van der Waals surface area (Å²) < 4.78 is 0. The zero-order valence-corrected chi connectivity index (χ0v) is 22.1. The standard InChI is InChI=1S/C27H43N5O3/c1-6-9-13-21(8-3)17-30-18-23-31(25(26(30)34)20(4)7-2)24(33)19-29(5)32(23)27(35)28-16-22-14-11-10-12-15-22/h10-12,14-15,20-21,23,25H,6-9,13,16-19H2,1-5H3,(H,28,35)/t20?,21?,23-,25-/m0/s1. The average Bonchev–Trinajstić information content (AvgIpc) is 2.86. The van der Waals surface area contributed by atoms with Gasteiger partial charge in [0.25, 0.3) is 0 Å². The Balaban J connectivity index is 1.87. The highest BCUT2D eigenvalue weighted by atomic mass is 16.2. The highest BCUT2D eigenvalue weighted by molar-refractivity contribution is 5.91. The van der Waals surface area contributed by atoms with E-state index in [1.807, 2.05) is 49.1 Å². The number of fused-ring (bicyclic) bond motifs is 1. The molecule has 2 unspecified atom stereocenters. The van der Waals surface area contributed by atoms with Crippen molar-refractivity contribution in [2.75, 3.05) is 26.7 Å². The van der Waals surface area contributed by atoms with E-state index in [0.29, 0.717) is 25.6 Å². The number of rotatable bonds is 10. The van der Waals surface area contributed by atoms with E-state index < -0.39 is 12.2 Å². The lowest BCUT2D eigenvalue weighted by molar-refractivity contribution is -0.191. The number of likely N-dealkylation sites (N-methyl/N-ethyl adjacent to an activating group) is 1. The Morgan fingerprint density at radius 1 is 1.11 bits per heavy atom. The first-order valence-corrected chi connectivity index (χ1v) is 13.2. The van der Waals surface area contributed by atoms with Crippen molar-refractivity contribution >= 4 is 17.8 Å². The lowest BCUT2D eigenvalue weighted by Crippen LogP contribution is -2.76. The minimum atomic E-state index is -0.548. The van der Waals surface area contributed by atoms with Gasteiger partial charge in [-0.1, -0.05) is 83.7 Å². The Hall–Kier alpha value is -2.61. The lowest BCUT2D eigenvalue weighted by atomic mass is 9.91. The van der Waals surface area contributed by atoms with Crippen molar-refractivity contribution in [2.45, 2.75) is 78.6 Å². The van der Waals surface area contributed by atoms with E-state index in [9.17, 15) is 14.4 Å².